The minimum atomic E-state index is -0.569. The Bertz CT molecular complexity index is 917. The number of benzene rings is 2. The Hall–Kier alpha value is -2.44. The van der Waals surface area contributed by atoms with E-state index in [2.05, 4.69) is 0 Å². The molecule has 2 heterocycles. The van der Waals surface area contributed by atoms with Crippen molar-refractivity contribution in [2.45, 2.75) is 6.42 Å². The maximum atomic E-state index is 12.4. The minimum Gasteiger partial charge on any atom is -0.486 e. The Morgan fingerprint density at radius 2 is 1.81 bits per heavy atom. The molecular formula is C19H15Cl2NO5. The summed E-state index contributed by atoms with van der Waals surface area (Å²) >= 11 is 11.8. The molecule has 0 spiro atoms. The number of ether oxygens (including phenoxy) is 3. The van der Waals surface area contributed by atoms with Gasteiger partial charge in [0, 0.05) is 30.8 Å². The minimum absolute atomic E-state index is 0.0780. The van der Waals surface area contributed by atoms with E-state index in [1.54, 1.807) is 35.2 Å². The molecule has 0 aliphatic carbocycles. The van der Waals surface area contributed by atoms with Crippen LogP contribution in [-0.4, -0.2) is 31.6 Å². The largest absolute Gasteiger partial charge is 0.486 e. The molecule has 1 saturated heterocycles. The molecule has 0 saturated carbocycles. The summed E-state index contributed by atoms with van der Waals surface area (Å²) in [7, 11) is 0. The van der Waals surface area contributed by atoms with E-state index in [0.717, 1.165) is 0 Å². The highest BCUT2D eigenvalue weighted by molar-refractivity contribution is 6.42. The van der Waals surface area contributed by atoms with Crippen molar-refractivity contribution >= 4 is 40.8 Å². The van der Waals surface area contributed by atoms with Gasteiger partial charge >= 0.3 is 5.97 Å². The standard InChI is InChI=1S/C19H15Cl2NO5/c20-14-3-2-13(9-15(14)21)27-19(24)11-7-18(23)22(10-11)12-1-4-16-17(8-12)26-6-5-25-16/h1-4,8-9,11H,5-7,10H2/t11-/m0/s1. The van der Waals surface area contributed by atoms with Gasteiger partial charge in [0.25, 0.3) is 0 Å². The summed E-state index contributed by atoms with van der Waals surface area (Å²) in [4.78, 5) is 26.4. The second-order valence-corrected chi connectivity index (χ2v) is 7.04. The van der Waals surface area contributed by atoms with Crippen LogP contribution in [0.5, 0.6) is 17.2 Å². The molecule has 1 atom stereocenters. The van der Waals surface area contributed by atoms with Gasteiger partial charge in [-0.15, -0.1) is 0 Å². The topological polar surface area (TPSA) is 65.1 Å². The second kappa shape index (κ2) is 7.29. The molecule has 0 radical (unpaired) electrons. The molecule has 1 amide bonds. The van der Waals surface area contributed by atoms with Crippen LogP contribution in [0.1, 0.15) is 6.42 Å². The van der Waals surface area contributed by atoms with Gasteiger partial charge in [-0.3, -0.25) is 9.59 Å². The number of carbonyl (C=O) groups excluding carboxylic acids is 2. The molecule has 140 valence electrons. The lowest BCUT2D eigenvalue weighted by molar-refractivity contribution is -0.139. The average molecular weight is 408 g/mol. The summed E-state index contributed by atoms with van der Waals surface area (Å²) in [6.45, 7) is 1.19. The smallest absolute Gasteiger partial charge is 0.316 e. The number of amides is 1. The first-order valence-electron chi connectivity index (χ1n) is 8.38. The monoisotopic (exact) mass is 407 g/mol. The van der Waals surface area contributed by atoms with Crippen LogP contribution in [0.25, 0.3) is 0 Å². The van der Waals surface area contributed by atoms with E-state index in [-0.39, 0.29) is 18.9 Å². The molecule has 0 bridgehead atoms. The molecule has 2 aromatic rings. The second-order valence-electron chi connectivity index (χ2n) is 6.23. The number of rotatable bonds is 3. The van der Waals surface area contributed by atoms with Crippen molar-refractivity contribution in [1.29, 1.82) is 0 Å². The van der Waals surface area contributed by atoms with Crippen LogP contribution in [0.15, 0.2) is 36.4 Å². The predicted octanol–water partition coefficient (Wildman–Crippen LogP) is 3.72. The zero-order valence-corrected chi connectivity index (χ0v) is 15.6. The highest BCUT2D eigenvalue weighted by Crippen LogP contribution is 2.36. The average Bonchev–Trinajstić information content (AvgIpc) is 3.06. The molecule has 2 aliphatic heterocycles. The van der Waals surface area contributed by atoms with Crippen LogP contribution in [0.3, 0.4) is 0 Å². The van der Waals surface area contributed by atoms with Gasteiger partial charge in [0.1, 0.15) is 19.0 Å². The summed E-state index contributed by atoms with van der Waals surface area (Å²) in [6, 6.07) is 9.86. The Morgan fingerprint density at radius 1 is 1.04 bits per heavy atom. The molecule has 2 aliphatic rings. The fourth-order valence-electron chi connectivity index (χ4n) is 3.05. The van der Waals surface area contributed by atoms with E-state index in [1.165, 1.54) is 6.07 Å². The third kappa shape index (κ3) is 3.68. The lowest BCUT2D eigenvalue weighted by atomic mass is 10.1. The van der Waals surface area contributed by atoms with Crippen LogP contribution in [-0.2, 0) is 9.59 Å². The molecule has 6 nitrogen and oxygen atoms in total. The third-order valence-corrected chi connectivity index (χ3v) is 5.14. The van der Waals surface area contributed by atoms with Crippen molar-refractivity contribution in [3.8, 4) is 17.2 Å². The molecule has 4 rings (SSSR count). The number of hydrogen-bond donors (Lipinski definition) is 0. The number of fused-ring (bicyclic) bond motifs is 1. The Kier molecular flexibility index (Phi) is 4.85. The van der Waals surface area contributed by atoms with Gasteiger partial charge in [-0.25, -0.2) is 0 Å². The van der Waals surface area contributed by atoms with E-state index in [4.69, 9.17) is 37.4 Å². The molecule has 0 N–H and O–H groups in total. The van der Waals surface area contributed by atoms with Crippen LogP contribution in [0.4, 0.5) is 5.69 Å². The van der Waals surface area contributed by atoms with Crippen molar-refractivity contribution in [2.24, 2.45) is 5.92 Å². The normalized spacial score (nSPS) is 18.5. The number of halogens is 2. The van der Waals surface area contributed by atoms with E-state index >= 15 is 0 Å². The van der Waals surface area contributed by atoms with Gasteiger partial charge in [-0.1, -0.05) is 23.2 Å². The number of hydrogen-bond acceptors (Lipinski definition) is 5. The molecule has 0 aromatic heterocycles. The fraction of sp³-hybridized carbons (Fsp3) is 0.263. The summed E-state index contributed by atoms with van der Waals surface area (Å²) in [5.41, 5.74) is 0.661. The molecule has 1 fully saturated rings. The van der Waals surface area contributed by atoms with Crippen LogP contribution < -0.4 is 19.1 Å². The summed E-state index contributed by atoms with van der Waals surface area (Å²) in [5.74, 6) is 0.324. The first kappa shape index (κ1) is 17.9. The van der Waals surface area contributed by atoms with Gasteiger partial charge in [0.05, 0.1) is 16.0 Å². The zero-order chi connectivity index (χ0) is 19.0. The quantitative estimate of drug-likeness (QED) is 0.572. The van der Waals surface area contributed by atoms with Crippen molar-refractivity contribution in [1.82, 2.24) is 0 Å². The van der Waals surface area contributed by atoms with Gasteiger partial charge < -0.3 is 19.1 Å². The molecule has 0 unspecified atom stereocenters. The predicted molar refractivity (Wildman–Crippen MR) is 100.0 cm³/mol. The van der Waals surface area contributed by atoms with E-state index in [1.807, 2.05) is 0 Å². The summed E-state index contributed by atoms with van der Waals surface area (Å²) < 4.78 is 16.4. The fourth-order valence-corrected chi connectivity index (χ4v) is 3.34. The van der Waals surface area contributed by atoms with Gasteiger partial charge in [-0.05, 0) is 24.3 Å². The summed E-state index contributed by atoms with van der Waals surface area (Å²) in [5, 5.41) is 0.666. The number of nitrogens with zero attached hydrogens (tertiary/aromatic N) is 1. The molecule has 27 heavy (non-hydrogen) atoms. The van der Waals surface area contributed by atoms with Crippen molar-refractivity contribution in [3.63, 3.8) is 0 Å². The highest BCUT2D eigenvalue weighted by Gasteiger charge is 2.37. The first-order valence-corrected chi connectivity index (χ1v) is 9.13. The van der Waals surface area contributed by atoms with Crippen molar-refractivity contribution in [3.05, 3.63) is 46.4 Å². The number of carbonyl (C=O) groups is 2. The Balaban J connectivity index is 1.47. The first-order chi connectivity index (χ1) is 13.0. The SMILES string of the molecule is O=C(Oc1ccc(Cl)c(Cl)c1)[C@H]1CC(=O)N(c2ccc3c(c2)OCCO3)C1. The van der Waals surface area contributed by atoms with Crippen molar-refractivity contribution in [2.75, 3.05) is 24.7 Å². The maximum Gasteiger partial charge on any atom is 0.316 e. The van der Waals surface area contributed by atoms with Gasteiger partial charge in [-0.2, -0.15) is 0 Å². The van der Waals surface area contributed by atoms with E-state index in [9.17, 15) is 9.59 Å². The summed E-state index contributed by atoms with van der Waals surface area (Å²) in [6.07, 6.45) is 0.0780. The Labute approximate surface area is 165 Å². The number of esters is 1. The lowest BCUT2D eigenvalue weighted by Crippen LogP contribution is -2.27. The van der Waals surface area contributed by atoms with Gasteiger partial charge in [0.15, 0.2) is 11.5 Å². The molecule has 8 heteroatoms. The third-order valence-electron chi connectivity index (χ3n) is 4.41. The van der Waals surface area contributed by atoms with E-state index < -0.39 is 11.9 Å². The van der Waals surface area contributed by atoms with Crippen molar-refractivity contribution < 1.29 is 23.8 Å². The molecular weight excluding hydrogens is 393 g/mol. The number of anilines is 1. The van der Waals surface area contributed by atoms with Crippen LogP contribution in [0.2, 0.25) is 10.0 Å². The lowest BCUT2D eigenvalue weighted by Gasteiger charge is -2.22. The zero-order valence-electron chi connectivity index (χ0n) is 14.1. The highest BCUT2D eigenvalue weighted by atomic mass is 35.5. The maximum absolute atomic E-state index is 12.4. The van der Waals surface area contributed by atoms with E-state index in [0.29, 0.717) is 46.2 Å². The van der Waals surface area contributed by atoms with Crippen LogP contribution in [0, 0.1) is 5.92 Å². The van der Waals surface area contributed by atoms with Crippen LogP contribution >= 0.6 is 23.2 Å². The van der Waals surface area contributed by atoms with Gasteiger partial charge in [0.2, 0.25) is 5.91 Å². The Morgan fingerprint density at radius 3 is 2.59 bits per heavy atom. The molecule has 2 aromatic carbocycles.